The highest BCUT2D eigenvalue weighted by Crippen LogP contribution is 2.23. The molecule has 0 spiro atoms. The summed E-state index contributed by atoms with van der Waals surface area (Å²) in [5.74, 6) is -0.273. The predicted molar refractivity (Wildman–Crippen MR) is 68.8 cm³/mol. The van der Waals surface area contributed by atoms with Crippen LogP contribution in [0.2, 0.25) is 0 Å². The van der Waals surface area contributed by atoms with Gasteiger partial charge in [0, 0.05) is 17.4 Å². The van der Waals surface area contributed by atoms with E-state index in [1.165, 1.54) is 12.1 Å². The van der Waals surface area contributed by atoms with Crippen molar-refractivity contribution >= 4 is 21.7 Å². The molecule has 0 saturated heterocycles. The van der Waals surface area contributed by atoms with Gasteiger partial charge < -0.3 is 0 Å². The molecule has 0 atom stereocenters. The molecule has 0 unspecified atom stereocenters. The number of Topliss-reactive ketones (excluding diaryl/α,β-unsaturated/α-hetero) is 1. The normalized spacial score (nSPS) is 10.9. The lowest BCUT2D eigenvalue weighted by molar-refractivity contribution is 0.103. The first kappa shape index (κ1) is 13.4. The number of hydrogen-bond acceptors (Lipinski definition) is 3. The molecule has 90 valence electrons. The van der Waals surface area contributed by atoms with Crippen LogP contribution in [0.4, 0.5) is 0 Å². The van der Waals surface area contributed by atoms with E-state index in [4.69, 9.17) is 0 Å². The summed E-state index contributed by atoms with van der Waals surface area (Å²) in [5, 5.41) is 0. The van der Waals surface area contributed by atoms with Crippen LogP contribution in [-0.4, -0.2) is 20.5 Å². The fourth-order valence-corrected chi connectivity index (χ4v) is 2.42. The summed E-state index contributed by atoms with van der Waals surface area (Å²) in [6.07, 6.45) is 2.48. The van der Waals surface area contributed by atoms with Crippen molar-refractivity contribution in [2.45, 2.75) is 11.8 Å². The van der Waals surface area contributed by atoms with Gasteiger partial charge in [0.2, 0.25) is 0 Å². The first-order chi connectivity index (χ1) is 7.79. The first-order valence-corrected chi connectivity index (χ1v) is 6.84. The second-order valence-corrected chi connectivity index (χ2v) is 5.79. The van der Waals surface area contributed by atoms with E-state index in [0.29, 0.717) is 16.7 Å². The second-order valence-electron chi connectivity index (χ2n) is 3.80. The summed E-state index contributed by atoms with van der Waals surface area (Å²) in [5.41, 5.74) is 1.01. The number of ketones is 1. The molecular weight excluding hydrogens is 236 g/mol. The summed E-state index contributed by atoms with van der Waals surface area (Å²) in [4.78, 5) is 12.0. The molecule has 0 radical (unpaired) electrons. The molecular formula is C13H14O3S. The van der Waals surface area contributed by atoms with Crippen molar-refractivity contribution in [2.24, 2.45) is 0 Å². The Hall–Kier alpha value is -1.68. The second kappa shape index (κ2) is 4.67. The molecule has 3 nitrogen and oxygen atoms in total. The van der Waals surface area contributed by atoms with Crippen LogP contribution in [0.5, 0.6) is 0 Å². The van der Waals surface area contributed by atoms with Crippen molar-refractivity contribution in [1.82, 2.24) is 0 Å². The van der Waals surface area contributed by atoms with Gasteiger partial charge in [-0.05, 0) is 18.6 Å². The third kappa shape index (κ3) is 2.71. The number of hydrogen-bond donors (Lipinski definition) is 0. The predicted octanol–water partition coefficient (Wildman–Crippen LogP) is 2.49. The van der Waals surface area contributed by atoms with Crippen LogP contribution in [0.1, 0.15) is 22.8 Å². The maximum atomic E-state index is 11.9. The average Bonchev–Trinajstić information content (AvgIpc) is 2.25. The van der Waals surface area contributed by atoms with Crippen LogP contribution in [-0.2, 0) is 9.84 Å². The third-order valence-corrected chi connectivity index (χ3v) is 3.46. The molecule has 0 aromatic heterocycles. The zero-order chi connectivity index (χ0) is 13.2. The lowest BCUT2D eigenvalue weighted by atomic mass is 10.00. The highest BCUT2D eigenvalue weighted by molar-refractivity contribution is 7.90. The van der Waals surface area contributed by atoms with Crippen LogP contribution >= 0.6 is 0 Å². The van der Waals surface area contributed by atoms with Crippen molar-refractivity contribution in [3.05, 3.63) is 48.1 Å². The molecule has 0 saturated carbocycles. The van der Waals surface area contributed by atoms with Gasteiger partial charge in [0.1, 0.15) is 0 Å². The van der Waals surface area contributed by atoms with Gasteiger partial charge in [-0.2, -0.15) is 0 Å². The maximum Gasteiger partial charge on any atom is 0.188 e. The highest BCUT2D eigenvalue weighted by atomic mass is 32.2. The lowest BCUT2D eigenvalue weighted by Crippen LogP contribution is -2.07. The number of benzene rings is 1. The summed E-state index contributed by atoms with van der Waals surface area (Å²) in [6.45, 7) is 8.71. The number of carbonyl (C=O) groups is 1. The third-order valence-electron chi connectivity index (χ3n) is 2.30. The number of rotatable bonds is 4. The Balaban J connectivity index is 3.61. The minimum atomic E-state index is -3.38. The van der Waals surface area contributed by atoms with E-state index < -0.39 is 9.84 Å². The van der Waals surface area contributed by atoms with Gasteiger partial charge in [0.15, 0.2) is 15.6 Å². The summed E-state index contributed by atoms with van der Waals surface area (Å²) in [6, 6.07) is 4.57. The molecule has 17 heavy (non-hydrogen) atoms. The smallest absolute Gasteiger partial charge is 0.188 e. The SMILES string of the molecule is C=Cc1c(C(=O)C(=C)C)cccc1S(C)(=O)=O. The Morgan fingerprint density at radius 1 is 1.35 bits per heavy atom. The van der Waals surface area contributed by atoms with Crippen LogP contribution in [0, 0.1) is 0 Å². The Morgan fingerprint density at radius 3 is 2.35 bits per heavy atom. The van der Waals surface area contributed by atoms with Gasteiger partial charge in [-0.25, -0.2) is 8.42 Å². The lowest BCUT2D eigenvalue weighted by Gasteiger charge is -2.09. The molecule has 0 aliphatic carbocycles. The zero-order valence-electron chi connectivity index (χ0n) is 9.86. The van der Waals surface area contributed by atoms with Gasteiger partial charge in [0.05, 0.1) is 4.90 Å². The topological polar surface area (TPSA) is 51.2 Å². The van der Waals surface area contributed by atoms with E-state index in [0.717, 1.165) is 6.26 Å². The van der Waals surface area contributed by atoms with E-state index in [-0.39, 0.29) is 10.7 Å². The number of allylic oxidation sites excluding steroid dienone is 1. The fraction of sp³-hybridized carbons (Fsp3) is 0.154. The van der Waals surface area contributed by atoms with Crippen LogP contribution in [0.25, 0.3) is 6.08 Å². The molecule has 1 rings (SSSR count). The largest absolute Gasteiger partial charge is 0.289 e. The van der Waals surface area contributed by atoms with Gasteiger partial charge >= 0.3 is 0 Å². The molecule has 1 aromatic carbocycles. The van der Waals surface area contributed by atoms with Crippen LogP contribution in [0.3, 0.4) is 0 Å². The van der Waals surface area contributed by atoms with Gasteiger partial charge in [-0.15, -0.1) is 0 Å². The summed E-state index contributed by atoms with van der Waals surface area (Å²) < 4.78 is 23.2. The zero-order valence-corrected chi connectivity index (χ0v) is 10.7. The van der Waals surface area contributed by atoms with Gasteiger partial charge in [0.25, 0.3) is 0 Å². The molecule has 0 heterocycles. The van der Waals surface area contributed by atoms with Crippen molar-refractivity contribution < 1.29 is 13.2 Å². The molecule has 0 aliphatic rings. The van der Waals surface area contributed by atoms with Crippen molar-refractivity contribution in [1.29, 1.82) is 0 Å². The molecule has 0 amide bonds. The number of carbonyl (C=O) groups excluding carboxylic acids is 1. The standard InChI is InChI=1S/C13H14O3S/c1-5-10-11(13(14)9(2)3)7-6-8-12(10)17(4,15)16/h5-8H,1-2H2,3-4H3. The van der Waals surface area contributed by atoms with E-state index in [9.17, 15) is 13.2 Å². The Morgan fingerprint density at radius 2 is 1.94 bits per heavy atom. The molecule has 0 bridgehead atoms. The van der Waals surface area contributed by atoms with Crippen LogP contribution in [0.15, 0.2) is 41.8 Å². The van der Waals surface area contributed by atoms with Gasteiger partial charge in [-0.1, -0.05) is 31.4 Å². The molecule has 4 heteroatoms. The summed E-state index contributed by atoms with van der Waals surface area (Å²) >= 11 is 0. The molecule has 1 aromatic rings. The highest BCUT2D eigenvalue weighted by Gasteiger charge is 2.18. The summed E-state index contributed by atoms with van der Waals surface area (Å²) in [7, 11) is -3.38. The van der Waals surface area contributed by atoms with E-state index in [1.54, 1.807) is 19.1 Å². The average molecular weight is 250 g/mol. The monoisotopic (exact) mass is 250 g/mol. The molecule has 0 N–H and O–H groups in total. The van der Waals surface area contributed by atoms with Gasteiger partial charge in [-0.3, -0.25) is 4.79 Å². The Bertz CT molecular complexity index is 595. The fourth-order valence-electron chi connectivity index (χ4n) is 1.51. The Labute approximate surface area is 101 Å². The molecule has 0 fully saturated rings. The van der Waals surface area contributed by atoms with Crippen molar-refractivity contribution in [2.75, 3.05) is 6.26 Å². The van der Waals surface area contributed by atoms with Crippen molar-refractivity contribution in [3.63, 3.8) is 0 Å². The molecule has 0 aliphatic heterocycles. The van der Waals surface area contributed by atoms with E-state index in [1.807, 2.05) is 0 Å². The quantitative estimate of drug-likeness (QED) is 0.609. The minimum absolute atomic E-state index is 0.111. The van der Waals surface area contributed by atoms with Crippen molar-refractivity contribution in [3.8, 4) is 0 Å². The first-order valence-electron chi connectivity index (χ1n) is 4.94. The number of sulfone groups is 1. The van der Waals surface area contributed by atoms with E-state index in [2.05, 4.69) is 13.2 Å². The maximum absolute atomic E-state index is 11.9. The van der Waals surface area contributed by atoms with E-state index >= 15 is 0 Å². The minimum Gasteiger partial charge on any atom is -0.289 e. The van der Waals surface area contributed by atoms with Crippen LogP contribution < -0.4 is 0 Å². The Kier molecular flexibility index (Phi) is 3.68.